The normalized spacial score (nSPS) is 12.1. The van der Waals surface area contributed by atoms with Crippen molar-refractivity contribution in [2.24, 2.45) is 0 Å². The highest BCUT2D eigenvalue weighted by atomic mass is 16.2. The van der Waals surface area contributed by atoms with E-state index in [1.165, 1.54) is 0 Å². The molecular weight excluding hydrogens is 242 g/mol. The van der Waals surface area contributed by atoms with E-state index in [9.17, 15) is 4.79 Å². The Morgan fingerprint density at radius 2 is 2.32 bits per heavy atom. The van der Waals surface area contributed by atoms with E-state index in [1.807, 2.05) is 32.0 Å². The maximum atomic E-state index is 12.1. The average molecular weight is 259 g/mol. The summed E-state index contributed by atoms with van der Waals surface area (Å²) in [5.74, 6) is -0.289. The third kappa shape index (κ3) is 2.90. The smallest absolute Gasteiger partial charge is 0.274 e. The summed E-state index contributed by atoms with van der Waals surface area (Å²) in [5.41, 5.74) is 7.20. The number of carbonyl (C=O) groups excluding carboxylic acids is 1. The van der Waals surface area contributed by atoms with Crippen LogP contribution >= 0.6 is 0 Å². The van der Waals surface area contributed by atoms with E-state index in [4.69, 9.17) is 5.73 Å². The van der Waals surface area contributed by atoms with Gasteiger partial charge in [-0.3, -0.25) is 14.5 Å². The molecule has 1 atom stereocenters. The number of hydrogen-bond donors (Lipinski definition) is 2. The number of nitrogens with two attached hydrogens (primary N) is 1. The van der Waals surface area contributed by atoms with Gasteiger partial charge in [0.05, 0.1) is 17.4 Å². The second kappa shape index (κ2) is 5.51. The molecule has 19 heavy (non-hydrogen) atoms. The van der Waals surface area contributed by atoms with E-state index >= 15 is 0 Å². The predicted octanol–water partition coefficient (Wildman–Crippen LogP) is 1.37. The molecule has 0 fully saturated rings. The molecule has 0 aliphatic carbocycles. The lowest BCUT2D eigenvalue weighted by molar-refractivity contribution is 0.0934. The third-order valence-electron chi connectivity index (χ3n) is 2.81. The predicted molar refractivity (Wildman–Crippen MR) is 72.4 cm³/mol. The van der Waals surface area contributed by atoms with Gasteiger partial charge in [-0.15, -0.1) is 0 Å². The summed E-state index contributed by atoms with van der Waals surface area (Å²) in [6, 6.07) is 5.38. The summed E-state index contributed by atoms with van der Waals surface area (Å²) in [7, 11) is 0. The van der Waals surface area contributed by atoms with Crippen LogP contribution < -0.4 is 11.1 Å². The first-order valence-electron chi connectivity index (χ1n) is 6.16. The molecule has 3 N–H and O–H groups in total. The minimum absolute atomic E-state index is 0.195. The lowest BCUT2D eigenvalue weighted by Gasteiger charge is -2.12. The number of nitrogen functional groups attached to an aromatic ring is 1. The molecule has 0 aliphatic heterocycles. The number of amides is 1. The number of carbonyl (C=O) groups is 1. The average Bonchev–Trinajstić information content (AvgIpc) is 2.81. The summed E-state index contributed by atoms with van der Waals surface area (Å²) in [6.07, 6.45) is 3.35. The molecule has 0 aliphatic rings. The van der Waals surface area contributed by atoms with Crippen molar-refractivity contribution in [3.8, 4) is 0 Å². The first-order valence-corrected chi connectivity index (χ1v) is 6.16. The van der Waals surface area contributed by atoms with E-state index < -0.39 is 0 Å². The number of hydrogen-bond acceptors (Lipinski definition) is 4. The first-order chi connectivity index (χ1) is 9.11. The Labute approximate surface area is 111 Å². The Morgan fingerprint density at radius 3 is 2.89 bits per heavy atom. The Kier molecular flexibility index (Phi) is 3.79. The fourth-order valence-corrected chi connectivity index (χ4v) is 1.75. The minimum Gasteiger partial charge on any atom is -0.396 e. The van der Waals surface area contributed by atoms with Gasteiger partial charge in [0, 0.05) is 18.9 Å². The molecule has 2 aromatic heterocycles. The largest absolute Gasteiger partial charge is 0.396 e. The maximum absolute atomic E-state index is 12.1. The Hall–Kier alpha value is -2.37. The number of pyridine rings is 1. The van der Waals surface area contributed by atoms with Crippen LogP contribution in [0.5, 0.6) is 0 Å². The van der Waals surface area contributed by atoms with E-state index in [2.05, 4.69) is 15.4 Å². The van der Waals surface area contributed by atoms with Gasteiger partial charge in [0.2, 0.25) is 0 Å². The molecule has 0 saturated heterocycles. The SMILES string of the molecule is CCn1cc(N)c(C(=O)NC(C)c2ccccn2)n1. The fourth-order valence-electron chi connectivity index (χ4n) is 1.75. The number of aromatic nitrogens is 3. The zero-order valence-electron chi connectivity index (χ0n) is 11.0. The quantitative estimate of drug-likeness (QED) is 0.868. The monoisotopic (exact) mass is 259 g/mol. The van der Waals surface area contributed by atoms with Gasteiger partial charge in [-0.05, 0) is 26.0 Å². The van der Waals surface area contributed by atoms with Crippen molar-refractivity contribution in [3.63, 3.8) is 0 Å². The van der Waals surface area contributed by atoms with Gasteiger partial charge in [-0.2, -0.15) is 5.10 Å². The number of nitrogens with one attached hydrogen (secondary N) is 1. The Balaban J connectivity index is 2.10. The van der Waals surface area contributed by atoms with Crippen molar-refractivity contribution in [1.29, 1.82) is 0 Å². The van der Waals surface area contributed by atoms with Crippen LogP contribution in [0, 0.1) is 0 Å². The van der Waals surface area contributed by atoms with E-state index in [0.717, 1.165) is 5.69 Å². The number of rotatable bonds is 4. The lowest BCUT2D eigenvalue weighted by Crippen LogP contribution is -2.28. The Bertz CT molecular complexity index is 564. The highest BCUT2D eigenvalue weighted by Crippen LogP contribution is 2.13. The molecule has 2 heterocycles. The number of anilines is 1. The van der Waals surface area contributed by atoms with Crippen molar-refractivity contribution in [2.45, 2.75) is 26.4 Å². The van der Waals surface area contributed by atoms with Crippen molar-refractivity contribution in [3.05, 3.63) is 42.0 Å². The third-order valence-corrected chi connectivity index (χ3v) is 2.81. The van der Waals surface area contributed by atoms with Gasteiger partial charge in [0.1, 0.15) is 0 Å². The molecule has 0 radical (unpaired) electrons. The van der Waals surface area contributed by atoms with E-state index in [0.29, 0.717) is 12.2 Å². The minimum atomic E-state index is -0.289. The molecule has 1 unspecified atom stereocenters. The molecule has 6 heteroatoms. The van der Waals surface area contributed by atoms with Crippen LogP contribution in [-0.4, -0.2) is 20.7 Å². The highest BCUT2D eigenvalue weighted by molar-refractivity contribution is 5.97. The summed E-state index contributed by atoms with van der Waals surface area (Å²) in [6.45, 7) is 4.48. The van der Waals surface area contributed by atoms with Gasteiger partial charge < -0.3 is 11.1 Å². The van der Waals surface area contributed by atoms with Crippen LogP contribution in [0.1, 0.15) is 36.1 Å². The van der Waals surface area contributed by atoms with Crippen molar-refractivity contribution in [2.75, 3.05) is 5.73 Å². The maximum Gasteiger partial charge on any atom is 0.274 e. The van der Waals surface area contributed by atoms with Crippen LogP contribution in [0.2, 0.25) is 0 Å². The van der Waals surface area contributed by atoms with Crippen LogP contribution in [-0.2, 0) is 6.54 Å². The summed E-state index contributed by atoms with van der Waals surface area (Å²) in [4.78, 5) is 16.3. The van der Waals surface area contributed by atoms with Crippen molar-refractivity contribution < 1.29 is 4.79 Å². The van der Waals surface area contributed by atoms with Crippen LogP contribution in [0.25, 0.3) is 0 Å². The van der Waals surface area contributed by atoms with Crippen LogP contribution in [0.3, 0.4) is 0 Å². The summed E-state index contributed by atoms with van der Waals surface area (Å²) in [5, 5.41) is 6.97. The van der Waals surface area contributed by atoms with E-state index in [-0.39, 0.29) is 17.6 Å². The number of nitrogens with zero attached hydrogens (tertiary/aromatic N) is 3. The van der Waals surface area contributed by atoms with Gasteiger partial charge in [-0.25, -0.2) is 0 Å². The molecule has 6 nitrogen and oxygen atoms in total. The molecule has 2 aromatic rings. The van der Waals surface area contributed by atoms with Crippen LogP contribution in [0.15, 0.2) is 30.6 Å². The highest BCUT2D eigenvalue weighted by Gasteiger charge is 2.17. The second-order valence-electron chi connectivity index (χ2n) is 4.24. The Morgan fingerprint density at radius 1 is 1.53 bits per heavy atom. The second-order valence-corrected chi connectivity index (χ2v) is 4.24. The van der Waals surface area contributed by atoms with Crippen molar-refractivity contribution >= 4 is 11.6 Å². The molecule has 100 valence electrons. The van der Waals surface area contributed by atoms with Crippen molar-refractivity contribution in [1.82, 2.24) is 20.1 Å². The molecule has 0 saturated carbocycles. The van der Waals surface area contributed by atoms with Gasteiger partial charge >= 0.3 is 0 Å². The molecule has 2 rings (SSSR count). The molecular formula is C13H17N5O. The molecule has 0 spiro atoms. The fraction of sp³-hybridized carbons (Fsp3) is 0.308. The molecule has 0 bridgehead atoms. The first kappa shape index (κ1) is 13.1. The van der Waals surface area contributed by atoms with Gasteiger partial charge in [-0.1, -0.05) is 6.07 Å². The lowest BCUT2D eigenvalue weighted by atomic mass is 10.2. The zero-order chi connectivity index (χ0) is 13.8. The van der Waals surface area contributed by atoms with Gasteiger partial charge in [0.15, 0.2) is 5.69 Å². The molecule has 0 aromatic carbocycles. The standard InChI is InChI=1S/C13H17N5O/c1-3-18-8-10(14)12(17-18)13(19)16-9(2)11-6-4-5-7-15-11/h4-9H,3,14H2,1-2H3,(H,16,19). The topological polar surface area (TPSA) is 85.8 Å². The van der Waals surface area contributed by atoms with Crippen LogP contribution in [0.4, 0.5) is 5.69 Å². The summed E-state index contributed by atoms with van der Waals surface area (Å²) < 4.78 is 1.63. The van der Waals surface area contributed by atoms with Gasteiger partial charge in [0.25, 0.3) is 5.91 Å². The summed E-state index contributed by atoms with van der Waals surface area (Å²) >= 11 is 0. The number of aryl methyl sites for hydroxylation is 1. The molecule has 1 amide bonds. The van der Waals surface area contributed by atoms with E-state index in [1.54, 1.807) is 17.1 Å². The zero-order valence-corrected chi connectivity index (χ0v) is 11.0.